The van der Waals surface area contributed by atoms with Crippen molar-refractivity contribution in [1.29, 1.82) is 0 Å². The molecule has 0 aromatic carbocycles. The maximum Gasteiger partial charge on any atom is 0.307 e. The van der Waals surface area contributed by atoms with E-state index in [0.717, 1.165) is 0 Å². The monoisotopic (exact) mass is 172 g/mol. The molecule has 0 bridgehead atoms. The lowest BCUT2D eigenvalue weighted by molar-refractivity contribution is -0.139. The van der Waals surface area contributed by atoms with E-state index in [4.69, 9.17) is 0 Å². The summed E-state index contributed by atoms with van der Waals surface area (Å²) >= 11 is 0. The molecule has 0 N–H and O–H groups in total. The molecule has 0 atom stereocenters. The fraction of sp³-hybridized carbons (Fsp3) is 0.500. The molecule has 0 rings (SSSR count). The summed E-state index contributed by atoms with van der Waals surface area (Å²) in [6, 6.07) is 0. The van der Waals surface area contributed by atoms with Crippen LogP contribution in [-0.4, -0.2) is 18.5 Å². The molecule has 0 aliphatic rings. The Morgan fingerprint density at radius 3 is 2.17 bits per heavy atom. The van der Waals surface area contributed by atoms with Crippen molar-refractivity contribution >= 4 is 11.9 Å². The van der Waals surface area contributed by atoms with Gasteiger partial charge in [0.15, 0.2) is 0 Å². The summed E-state index contributed by atoms with van der Waals surface area (Å²) in [6.45, 7) is 4.48. The van der Waals surface area contributed by atoms with Crippen LogP contribution in [0.15, 0.2) is 11.8 Å². The van der Waals surface area contributed by atoms with Crippen molar-refractivity contribution in [1.82, 2.24) is 0 Å². The lowest BCUT2D eigenvalue weighted by Gasteiger charge is -2.00. The molecular weight excluding hydrogens is 160 g/mol. The average molecular weight is 172 g/mol. The molecule has 0 radical (unpaired) electrons. The zero-order valence-corrected chi connectivity index (χ0v) is 7.42. The summed E-state index contributed by atoms with van der Waals surface area (Å²) < 4.78 is 9.18. The minimum absolute atomic E-state index is 0.155. The molecule has 0 saturated carbocycles. The lowest BCUT2D eigenvalue weighted by Crippen LogP contribution is -2.02. The second-order valence-electron chi connectivity index (χ2n) is 2.35. The van der Waals surface area contributed by atoms with Gasteiger partial charge in [-0.3, -0.25) is 9.59 Å². The van der Waals surface area contributed by atoms with E-state index in [1.54, 1.807) is 6.92 Å². The van der Waals surface area contributed by atoms with E-state index in [1.807, 2.05) is 0 Å². The van der Waals surface area contributed by atoms with Crippen LogP contribution in [0.3, 0.4) is 0 Å². The maximum atomic E-state index is 10.3. The van der Waals surface area contributed by atoms with Crippen LogP contribution in [0.4, 0.5) is 0 Å². The van der Waals surface area contributed by atoms with Gasteiger partial charge in [-0.25, -0.2) is 0 Å². The molecule has 0 spiro atoms. The molecule has 68 valence electrons. The topological polar surface area (TPSA) is 52.6 Å². The predicted molar refractivity (Wildman–Crippen MR) is 42.2 cm³/mol. The van der Waals surface area contributed by atoms with Gasteiger partial charge < -0.3 is 9.47 Å². The zero-order chi connectivity index (χ0) is 9.56. The Kier molecular flexibility index (Phi) is 4.76. The van der Waals surface area contributed by atoms with Crippen LogP contribution in [-0.2, 0) is 19.1 Å². The third-order valence-electron chi connectivity index (χ3n) is 0.929. The normalized spacial score (nSPS) is 10.8. The largest absolute Gasteiger partial charge is 0.461 e. The van der Waals surface area contributed by atoms with Gasteiger partial charge in [-0.1, -0.05) is 0 Å². The third-order valence-corrected chi connectivity index (χ3v) is 0.929. The lowest BCUT2D eigenvalue weighted by atomic mass is 10.4. The summed E-state index contributed by atoms with van der Waals surface area (Å²) in [5, 5.41) is 0. The minimum Gasteiger partial charge on any atom is -0.461 e. The highest BCUT2D eigenvalue weighted by Crippen LogP contribution is 1.94. The van der Waals surface area contributed by atoms with Gasteiger partial charge in [-0.2, -0.15) is 0 Å². The van der Waals surface area contributed by atoms with E-state index in [0.29, 0.717) is 5.57 Å². The van der Waals surface area contributed by atoms with Crippen molar-refractivity contribution in [2.45, 2.75) is 20.8 Å². The Morgan fingerprint density at radius 2 is 1.75 bits per heavy atom. The van der Waals surface area contributed by atoms with Gasteiger partial charge in [0.25, 0.3) is 0 Å². The molecule has 4 heteroatoms. The standard InChI is InChI=1S/C8H12O4/c1-6(4-11-7(2)9)5-12-8(3)10/h4H,5H2,1-3H3/b6-4+. The number of rotatable bonds is 3. The summed E-state index contributed by atoms with van der Waals surface area (Å²) in [5.41, 5.74) is 0.681. The summed E-state index contributed by atoms with van der Waals surface area (Å²) in [7, 11) is 0. The van der Waals surface area contributed by atoms with Gasteiger partial charge in [-0.15, -0.1) is 0 Å². The first-order valence-electron chi connectivity index (χ1n) is 3.48. The Bertz CT molecular complexity index is 205. The fourth-order valence-corrected chi connectivity index (χ4v) is 0.433. The molecule has 0 heterocycles. The van der Waals surface area contributed by atoms with Crippen molar-refractivity contribution in [3.63, 3.8) is 0 Å². The van der Waals surface area contributed by atoms with Crippen LogP contribution in [0.25, 0.3) is 0 Å². The Hall–Kier alpha value is -1.32. The van der Waals surface area contributed by atoms with E-state index in [9.17, 15) is 9.59 Å². The molecule has 0 aromatic rings. The molecule has 0 aromatic heterocycles. The zero-order valence-electron chi connectivity index (χ0n) is 7.42. The molecule has 0 unspecified atom stereocenters. The smallest absolute Gasteiger partial charge is 0.307 e. The van der Waals surface area contributed by atoms with Crippen molar-refractivity contribution in [2.24, 2.45) is 0 Å². The number of hydrogen-bond acceptors (Lipinski definition) is 4. The molecule has 0 fully saturated rings. The van der Waals surface area contributed by atoms with Crippen molar-refractivity contribution in [2.75, 3.05) is 6.61 Å². The highest BCUT2D eigenvalue weighted by atomic mass is 16.5. The van der Waals surface area contributed by atoms with Crippen LogP contribution >= 0.6 is 0 Å². The molecule has 0 saturated heterocycles. The molecular formula is C8H12O4. The van der Waals surface area contributed by atoms with Crippen LogP contribution in [0.5, 0.6) is 0 Å². The van der Waals surface area contributed by atoms with Crippen molar-refractivity contribution < 1.29 is 19.1 Å². The van der Waals surface area contributed by atoms with E-state index in [2.05, 4.69) is 9.47 Å². The third kappa shape index (κ3) is 6.80. The van der Waals surface area contributed by atoms with Crippen LogP contribution < -0.4 is 0 Å². The Balaban J connectivity index is 3.70. The van der Waals surface area contributed by atoms with Gasteiger partial charge in [0.05, 0.1) is 6.26 Å². The van der Waals surface area contributed by atoms with Gasteiger partial charge >= 0.3 is 11.9 Å². The second-order valence-corrected chi connectivity index (χ2v) is 2.35. The number of hydrogen-bond donors (Lipinski definition) is 0. The quantitative estimate of drug-likeness (QED) is 0.471. The Labute approximate surface area is 71.2 Å². The first-order valence-corrected chi connectivity index (χ1v) is 3.48. The van der Waals surface area contributed by atoms with Gasteiger partial charge in [0.1, 0.15) is 6.61 Å². The summed E-state index contributed by atoms with van der Waals surface area (Å²) in [4.78, 5) is 20.6. The maximum absolute atomic E-state index is 10.3. The fourth-order valence-electron chi connectivity index (χ4n) is 0.433. The van der Waals surface area contributed by atoms with Gasteiger partial charge in [0.2, 0.25) is 0 Å². The molecule has 12 heavy (non-hydrogen) atoms. The molecule has 0 amide bonds. The van der Waals surface area contributed by atoms with E-state index in [1.165, 1.54) is 20.1 Å². The Morgan fingerprint density at radius 1 is 1.17 bits per heavy atom. The predicted octanol–water partition coefficient (Wildman–Crippen LogP) is 1.02. The van der Waals surface area contributed by atoms with Crippen molar-refractivity contribution in [3.8, 4) is 0 Å². The number of carbonyl (C=O) groups excluding carboxylic acids is 2. The minimum atomic E-state index is -0.392. The van der Waals surface area contributed by atoms with E-state index in [-0.39, 0.29) is 12.6 Å². The first kappa shape index (κ1) is 10.7. The van der Waals surface area contributed by atoms with Crippen LogP contribution in [0.2, 0.25) is 0 Å². The molecule has 0 aliphatic heterocycles. The highest BCUT2D eigenvalue weighted by molar-refractivity contribution is 5.67. The SMILES string of the molecule is CC(=O)O/C=C(\C)COC(C)=O. The number of ether oxygens (including phenoxy) is 2. The van der Waals surface area contributed by atoms with Gasteiger partial charge in [-0.05, 0) is 12.5 Å². The van der Waals surface area contributed by atoms with Crippen molar-refractivity contribution in [3.05, 3.63) is 11.8 Å². The number of esters is 2. The highest BCUT2D eigenvalue weighted by Gasteiger charge is 1.95. The average Bonchev–Trinajstić information content (AvgIpc) is 1.96. The summed E-state index contributed by atoms with van der Waals surface area (Å²) in [6.07, 6.45) is 1.27. The molecule has 4 nitrogen and oxygen atoms in total. The van der Waals surface area contributed by atoms with Gasteiger partial charge in [0, 0.05) is 13.8 Å². The van der Waals surface area contributed by atoms with E-state index >= 15 is 0 Å². The summed E-state index contributed by atoms with van der Waals surface area (Å²) in [5.74, 6) is -0.747. The number of carbonyl (C=O) groups is 2. The first-order chi connectivity index (χ1) is 5.52. The molecule has 0 aliphatic carbocycles. The van der Waals surface area contributed by atoms with E-state index < -0.39 is 5.97 Å². The van der Waals surface area contributed by atoms with Crippen LogP contribution in [0, 0.1) is 0 Å². The van der Waals surface area contributed by atoms with Crippen LogP contribution in [0.1, 0.15) is 20.8 Å². The second kappa shape index (κ2) is 5.35.